The number of rotatable bonds is 6. The average molecular weight is 236 g/mol. The van der Waals surface area contributed by atoms with Gasteiger partial charge in [-0.3, -0.25) is 4.79 Å². The number of hydrogen-bond acceptors (Lipinski definition) is 5. The van der Waals surface area contributed by atoms with Crippen molar-refractivity contribution in [1.29, 1.82) is 5.26 Å². The molecule has 8 heteroatoms. The lowest BCUT2D eigenvalue weighted by Gasteiger charge is -2.14. The highest BCUT2D eigenvalue weighted by Gasteiger charge is 2.27. The predicted molar refractivity (Wildman–Crippen MR) is 50.3 cm³/mol. The van der Waals surface area contributed by atoms with Crippen LogP contribution >= 0.6 is 0 Å². The van der Waals surface area contributed by atoms with Gasteiger partial charge in [-0.2, -0.15) is 9.98 Å². The second kappa shape index (κ2) is 5.65. The molecule has 7 nitrogen and oxygen atoms in total. The normalized spacial score (nSPS) is 15.3. The fourth-order valence-corrected chi connectivity index (χ4v) is 1.69. The molecule has 0 aromatic carbocycles. The van der Waals surface area contributed by atoms with Crippen molar-refractivity contribution in [2.45, 2.75) is 24.6 Å². The first kappa shape index (κ1) is 13.8. The van der Waals surface area contributed by atoms with Gasteiger partial charge in [0.15, 0.2) is 5.25 Å². The van der Waals surface area contributed by atoms with Crippen molar-refractivity contribution in [3.8, 4) is 6.07 Å². The third-order valence-corrected chi connectivity index (χ3v) is 3.32. The van der Waals surface area contributed by atoms with E-state index in [1.54, 1.807) is 0 Å². The molecule has 0 spiro atoms. The maximum Gasteiger partial charge on any atom is 0.321 e. The molecule has 3 N–H and O–H groups in total. The van der Waals surface area contributed by atoms with Crippen LogP contribution in [0.15, 0.2) is 0 Å². The van der Waals surface area contributed by atoms with E-state index in [1.807, 2.05) is 4.72 Å². The number of carboxylic acid groups (broad SMARTS) is 1. The van der Waals surface area contributed by atoms with Crippen LogP contribution in [0.5, 0.6) is 0 Å². The summed E-state index contributed by atoms with van der Waals surface area (Å²) in [6.45, 7) is 0.681. The Balaban J connectivity index is 4.69. The summed E-state index contributed by atoms with van der Waals surface area (Å²) in [5.41, 5.74) is 0. The van der Waals surface area contributed by atoms with Gasteiger partial charge in [0.05, 0.1) is 6.07 Å². The van der Waals surface area contributed by atoms with Gasteiger partial charge < -0.3 is 10.2 Å². The number of aliphatic hydroxyl groups is 1. The number of nitriles is 1. The van der Waals surface area contributed by atoms with Gasteiger partial charge in [0.1, 0.15) is 6.04 Å². The molecule has 2 atom stereocenters. The Kier molecular flexibility index (Phi) is 5.21. The number of nitrogens with one attached hydrogen (secondary N) is 1. The minimum Gasteiger partial charge on any atom is -0.480 e. The van der Waals surface area contributed by atoms with E-state index in [2.05, 4.69) is 0 Å². The molecule has 0 aromatic heterocycles. The SMILES string of the molecule is CC(C#N)S(=O)(=O)N[C@H](CCO)C(=O)O. The van der Waals surface area contributed by atoms with Gasteiger partial charge in [-0.05, 0) is 13.3 Å². The van der Waals surface area contributed by atoms with Crippen molar-refractivity contribution in [2.24, 2.45) is 0 Å². The summed E-state index contributed by atoms with van der Waals surface area (Å²) < 4.78 is 24.4. The number of carboxylic acids is 1. The summed E-state index contributed by atoms with van der Waals surface area (Å²) in [4.78, 5) is 10.6. The number of nitrogens with zero attached hydrogens (tertiary/aromatic N) is 1. The smallest absolute Gasteiger partial charge is 0.321 e. The van der Waals surface area contributed by atoms with Gasteiger partial charge in [0.2, 0.25) is 10.0 Å². The van der Waals surface area contributed by atoms with Crippen LogP contribution in [0, 0.1) is 11.3 Å². The molecule has 0 amide bonds. The Hall–Kier alpha value is -1.17. The molecule has 0 saturated carbocycles. The monoisotopic (exact) mass is 236 g/mol. The molecule has 86 valence electrons. The lowest BCUT2D eigenvalue weighted by molar-refractivity contribution is -0.139. The first-order valence-electron chi connectivity index (χ1n) is 4.09. The summed E-state index contributed by atoms with van der Waals surface area (Å²) in [6, 6.07) is 0.0790. The largest absolute Gasteiger partial charge is 0.480 e. The van der Waals surface area contributed by atoms with E-state index in [1.165, 1.54) is 6.07 Å². The summed E-state index contributed by atoms with van der Waals surface area (Å²) in [6.07, 6.45) is -0.243. The highest BCUT2D eigenvalue weighted by Crippen LogP contribution is 2.01. The highest BCUT2D eigenvalue weighted by molar-refractivity contribution is 7.90. The topological polar surface area (TPSA) is 127 Å². The van der Waals surface area contributed by atoms with E-state index in [0.29, 0.717) is 0 Å². The van der Waals surface area contributed by atoms with Gasteiger partial charge in [-0.25, -0.2) is 8.42 Å². The molecule has 0 radical (unpaired) electrons. The van der Waals surface area contributed by atoms with Crippen molar-refractivity contribution in [3.63, 3.8) is 0 Å². The molecule has 0 aliphatic rings. The first-order chi connectivity index (χ1) is 6.85. The van der Waals surface area contributed by atoms with Crippen LogP contribution in [-0.2, 0) is 14.8 Å². The molecule has 0 aliphatic heterocycles. The molecule has 0 rings (SSSR count). The molecule has 0 saturated heterocycles. The predicted octanol–water partition coefficient (Wildman–Crippen LogP) is -1.35. The number of sulfonamides is 1. The van der Waals surface area contributed by atoms with Crippen molar-refractivity contribution < 1.29 is 23.4 Å². The van der Waals surface area contributed by atoms with E-state index >= 15 is 0 Å². The molecule has 0 fully saturated rings. The van der Waals surface area contributed by atoms with Crippen LogP contribution < -0.4 is 4.72 Å². The van der Waals surface area contributed by atoms with Crippen molar-refractivity contribution in [1.82, 2.24) is 4.72 Å². The maximum absolute atomic E-state index is 11.3. The fraction of sp³-hybridized carbons (Fsp3) is 0.714. The van der Waals surface area contributed by atoms with E-state index in [9.17, 15) is 13.2 Å². The third kappa shape index (κ3) is 4.24. The van der Waals surface area contributed by atoms with Crippen LogP contribution in [0.2, 0.25) is 0 Å². The number of aliphatic carboxylic acids is 1. The molecule has 0 aliphatic carbocycles. The summed E-state index contributed by atoms with van der Waals surface area (Å²) in [5, 5.41) is 24.2. The van der Waals surface area contributed by atoms with Gasteiger partial charge >= 0.3 is 5.97 Å². The lowest BCUT2D eigenvalue weighted by Crippen LogP contribution is -2.44. The quantitative estimate of drug-likeness (QED) is 0.523. The zero-order valence-electron chi connectivity index (χ0n) is 8.04. The van der Waals surface area contributed by atoms with Crippen molar-refractivity contribution in [3.05, 3.63) is 0 Å². The third-order valence-electron chi connectivity index (χ3n) is 1.67. The first-order valence-corrected chi connectivity index (χ1v) is 5.64. The summed E-state index contributed by atoms with van der Waals surface area (Å²) >= 11 is 0. The standard InChI is InChI=1S/C7H12N2O5S/c1-5(4-8)15(13,14)9-6(2-3-10)7(11)12/h5-6,9-10H,2-3H2,1H3,(H,11,12)/t5?,6-/m1/s1. The van der Waals surface area contributed by atoms with E-state index in [4.69, 9.17) is 15.5 Å². The molecular weight excluding hydrogens is 224 g/mol. The van der Waals surface area contributed by atoms with Gasteiger partial charge in [-0.15, -0.1) is 0 Å². The van der Waals surface area contributed by atoms with Crippen LogP contribution in [0.25, 0.3) is 0 Å². The molecule has 0 aromatic rings. The minimum absolute atomic E-state index is 0.243. The molecular formula is C7H12N2O5S. The molecule has 0 heterocycles. The highest BCUT2D eigenvalue weighted by atomic mass is 32.2. The van der Waals surface area contributed by atoms with E-state index < -0.39 is 33.9 Å². The van der Waals surface area contributed by atoms with Gasteiger partial charge in [0, 0.05) is 6.61 Å². The van der Waals surface area contributed by atoms with Gasteiger partial charge in [0.25, 0.3) is 0 Å². The Morgan fingerprint density at radius 3 is 2.47 bits per heavy atom. The number of aliphatic hydroxyl groups excluding tert-OH is 1. The zero-order valence-corrected chi connectivity index (χ0v) is 8.86. The van der Waals surface area contributed by atoms with Crippen LogP contribution in [0.3, 0.4) is 0 Å². The Bertz CT molecular complexity index is 358. The van der Waals surface area contributed by atoms with Crippen LogP contribution in [0.4, 0.5) is 0 Å². The van der Waals surface area contributed by atoms with E-state index in [-0.39, 0.29) is 6.42 Å². The molecule has 1 unspecified atom stereocenters. The Labute approximate surface area is 87.4 Å². The second-order valence-electron chi connectivity index (χ2n) is 2.84. The second-order valence-corrected chi connectivity index (χ2v) is 4.87. The fourth-order valence-electron chi connectivity index (χ4n) is 0.732. The van der Waals surface area contributed by atoms with Crippen LogP contribution in [-0.4, -0.2) is 42.5 Å². The molecule has 15 heavy (non-hydrogen) atoms. The van der Waals surface area contributed by atoms with Crippen molar-refractivity contribution >= 4 is 16.0 Å². The average Bonchev–Trinajstić information content (AvgIpc) is 2.15. The van der Waals surface area contributed by atoms with E-state index in [0.717, 1.165) is 6.92 Å². The lowest BCUT2D eigenvalue weighted by atomic mass is 10.2. The zero-order chi connectivity index (χ0) is 12.1. The van der Waals surface area contributed by atoms with Crippen molar-refractivity contribution in [2.75, 3.05) is 6.61 Å². The summed E-state index contributed by atoms with van der Waals surface area (Å²) in [5.74, 6) is -1.39. The Morgan fingerprint density at radius 1 is 1.60 bits per heavy atom. The van der Waals surface area contributed by atoms with Gasteiger partial charge in [-0.1, -0.05) is 0 Å². The molecule has 0 bridgehead atoms. The number of hydrogen-bond donors (Lipinski definition) is 3. The Morgan fingerprint density at radius 2 is 2.13 bits per heavy atom. The minimum atomic E-state index is -3.98. The maximum atomic E-state index is 11.3. The van der Waals surface area contributed by atoms with Crippen LogP contribution in [0.1, 0.15) is 13.3 Å². The summed E-state index contributed by atoms with van der Waals surface area (Å²) in [7, 11) is -3.98. The number of carbonyl (C=O) groups is 1.